The average Bonchev–Trinajstić information content (AvgIpc) is 2.24. The molecule has 0 aliphatic rings. The Morgan fingerprint density at radius 3 is 2.35 bits per heavy atom. The van der Waals surface area contributed by atoms with Crippen molar-refractivity contribution in [3.63, 3.8) is 0 Å². The minimum Gasteiger partial charge on any atom is -0.491 e. The number of ether oxygens (including phenoxy) is 1. The van der Waals surface area contributed by atoms with Gasteiger partial charge in [0.1, 0.15) is 5.75 Å². The molecule has 96 valence electrons. The molecule has 0 fully saturated rings. The summed E-state index contributed by atoms with van der Waals surface area (Å²) in [5, 5.41) is 3.21. The maximum Gasteiger partial charge on any atom is 0.142 e. The maximum atomic E-state index is 5.79. The van der Waals surface area contributed by atoms with Crippen LogP contribution in [0.2, 0.25) is 0 Å². The summed E-state index contributed by atoms with van der Waals surface area (Å²) < 4.78 is 5.79. The SMILES string of the molecule is CNc1cc(C(C)(C)C)ccc1OCC(C)C. The molecule has 0 atom stereocenters. The van der Waals surface area contributed by atoms with Gasteiger partial charge in [-0.25, -0.2) is 0 Å². The molecule has 0 aliphatic heterocycles. The second-order valence-electron chi connectivity index (χ2n) is 5.92. The van der Waals surface area contributed by atoms with Crippen LogP contribution in [0.1, 0.15) is 40.2 Å². The smallest absolute Gasteiger partial charge is 0.142 e. The highest BCUT2D eigenvalue weighted by molar-refractivity contribution is 5.58. The van der Waals surface area contributed by atoms with Crippen LogP contribution >= 0.6 is 0 Å². The van der Waals surface area contributed by atoms with Gasteiger partial charge in [-0.3, -0.25) is 0 Å². The quantitative estimate of drug-likeness (QED) is 0.849. The van der Waals surface area contributed by atoms with Crippen molar-refractivity contribution in [3.05, 3.63) is 23.8 Å². The first-order valence-electron chi connectivity index (χ1n) is 6.29. The maximum absolute atomic E-state index is 5.79. The highest BCUT2D eigenvalue weighted by atomic mass is 16.5. The minimum absolute atomic E-state index is 0.169. The van der Waals surface area contributed by atoms with E-state index in [1.165, 1.54) is 5.56 Å². The molecule has 0 aromatic heterocycles. The minimum atomic E-state index is 0.169. The first-order valence-corrected chi connectivity index (χ1v) is 6.29. The monoisotopic (exact) mass is 235 g/mol. The zero-order valence-corrected chi connectivity index (χ0v) is 11.9. The molecular formula is C15H25NO. The predicted molar refractivity (Wildman–Crippen MR) is 75.0 cm³/mol. The normalized spacial score (nSPS) is 11.7. The number of hydrogen-bond acceptors (Lipinski definition) is 2. The summed E-state index contributed by atoms with van der Waals surface area (Å²) >= 11 is 0. The first kappa shape index (κ1) is 13.9. The van der Waals surface area contributed by atoms with E-state index in [1.54, 1.807) is 0 Å². The Bertz CT molecular complexity index is 364. The summed E-state index contributed by atoms with van der Waals surface area (Å²) in [6.07, 6.45) is 0. The third-order valence-electron chi connectivity index (χ3n) is 2.69. The van der Waals surface area contributed by atoms with Crippen LogP contribution in [0, 0.1) is 5.92 Å². The molecular weight excluding hydrogens is 210 g/mol. The van der Waals surface area contributed by atoms with Crippen molar-refractivity contribution in [2.24, 2.45) is 5.92 Å². The first-order chi connectivity index (χ1) is 7.84. The second-order valence-corrected chi connectivity index (χ2v) is 5.92. The van der Waals surface area contributed by atoms with Gasteiger partial charge in [-0.15, -0.1) is 0 Å². The van der Waals surface area contributed by atoms with Gasteiger partial charge < -0.3 is 10.1 Å². The Balaban J connectivity index is 2.93. The van der Waals surface area contributed by atoms with E-state index in [0.717, 1.165) is 18.0 Å². The molecule has 1 rings (SSSR count). The molecule has 1 aromatic carbocycles. The molecule has 17 heavy (non-hydrogen) atoms. The Hall–Kier alpha value is -1.18. The van der Waals surface area contributed by atoms with Crippen molar-refractivity contribution in [2.75, 3.05) is 19.0 Å². The summed E-state index contributed by atoms with van der Waals surface area (Å²) in [6, 6.07) is 6.39. The van der Waals surface area contributed by atoms with E-state index in [1.807, 2.05) is 7.05 Å². The van der Waals surface area contributed by atoms with Crippen molar-refractivity contribution in [3.8, 4) is 5.75 Å². The van der Waals surface area contributed by atoms with Crippen LogP contribution in [0.25, 0.3) is 0 Å². The molecule has 0 spiro atoms. The average molecular weight is 235 g/mol. The van der Waals surface area contributed by atoms with E-state index >= 15 is 0 Å². The molecule has 0 saturated carbocycles. The van der Waals surface area contributed by atoms with Crippen molar-refractivity contribution in [1.82, 2.24) is 0 Å². The Labute approximate surface area is 105 Å². The number of anilines is 1. The van der Waals surface area contributed by atoms with Gasteiger partial charge in [0.05, 0.1) is 12.3 Å². The van der Waals surface area contributed by atoms with Gasteiger partial charge in [0.15, 0.2) is 0 Å². The molecule has 0 radical (unpaired) electrons. The van der Waals surface area contributed by atoms with Crippen LogP contribution in [-0.2, 0) is 5.41 Å². The summed E-state index contributed by atoms with van der Waals surface area (Å²) in [5.74, 6) is 1.48. The molecule has 1 aromatic rings. The molecule has 2 heteroatoms. The van der Waals surface area contributed by atoms with Gasteiger partial charge in [-0.2, -0.15) is 0 Å². The van der Waals surface area contributed by atoms with Crippen LogP contribution in [0.5, 0.6) is 5.75 Å². The van der Waals surface area contributed by atoms with Crippen molar-refractivity contribution in [1.29, 1.82) is 0 Å². The molecule has 0 unspecified atom stereocenters. The second kappa shape index (κ2) is 5.44. The molecule has 2 nitrogen and oxygen atoms in total. The van der Waals surface area contributed by atoms with Crippen molar-refractivity contribution >= 4 is 5.69 Å². The number of nitrogens with one attached hydrogen (secondary N) is 1. The summed E-state index contributed by atoms with van der Waals surface area (Å²) in [5.41, 5.74) is 2.55. The van der Waals surface area contributed by atoms with Crippen molar-refractivity contribution in [2.45, 2.75) is 40.0 Å². The molecule has 0 heterocycles. The fourth-order valence-corrected chi connectivity index (χ4v) is 1.57. The van der Waals surface area contributed by atoms with Crippen LogP contribution in [0.4, 0.5) is 5.69 Å². The highest BCUT2D eigenvalue weighted by Crippen LogP contribution is 2.31. The lowest BCUT2D eigenvalue weighted by atomic mass is 9.87. The topological polar surface area (TPSA) is 21.3 Å². The lowest BCUT2D eigenvalue weighted by molar-refractivity contribution is 0.272. The summed E-state index contributed by atoms with van der Waals surface area (Å²) in [6.45, 7) is 11.7. The largest absolute Gasteiger partial charge is 0.491 e. The van der Waals surface area contributed by atoms with E-state index in [2.05, 4.69) is 58.1 Å². The fourth-order valence-electron chi connectivity index (χ4n) is 1.57. The van der Waals surface area contributed by atoms with Crippen LogP contribution in [0.15, 0.2) is 18.2 Å². The van der Waals surface area contributed by atoms with E-state index in [-0.39, 0.29) is 5.41 Å². The van der Waals surface area contributed by atoms with E-state index < -0.39 is 0 Å². The zero-order valence-electron chi connectivity index (χ0n) is 11.9. The van der Waals surface area contributed by atoms with Crippen molar-refractivity contribution < 1.29 is 4.74 Å². The summed E-state index contributed by atoms with van der Waals surface area (Å²) in [4.78, 5) is 0. The van der Waals surface area contributed by atoms with E-state index in [9.17, 15) is 0 Å². The lowest BCUT2D eigenvalue weighted by Crippen LogP contribution is -2.12. The van der Waals surface area contributed by atoms with Crippen LogP contribution in [0.3, 0.4) is 0 Å². The molecule has 1 N–H and O–H groups in total. The highest BCUT2D eigenvalue weighted by Gasteiger charge is 2.15. The fraction of sp³-hybridized carbons (Fsp3) is 0.600. The van der Waals surface area contributed by atoms with E-state index in [4.69, 9.17) is 4.74 Å². The molecule has 0 bridgehead atoms. The molecule has 0 amide bonds. The van der Waals surface area contributed by atoms with Crippen LogP contribution < -0.4 is 10.1 Å². The Kier molecular flexibility index (Phi) is 4.44. The third-order valence-corrected chi connectivity index (χ3v) is 2.69. The third kappa shape index (κ3) is 3.95. The van der Waals surface area contributed by atoms with Crippen LogP contribution in [-0.4, -0.2) is 13.7 Å². The summed E-state index contributed by atoms with van der Waals surface area (Å²) in [7, 11) is 1.93. The van der Waals surface area contributed by atoms with E-state index in [0.29, 0.717) is 5.92 Å². The number of rotatable bonds is 4. The van der Waals surface area contributed by atoms with Gasteiger partial charge in [0.2, 0.25) is 0 Å². The Morgan fingerprint density at radius 2 is 1.88 bits per heavy atom. The lowest BCUT2D eigenvalue weighted by Gasteiger charge is -2.21. The standard InChI is InChI=1S/C15H25NO/c1-11(2)10-17-14-8-7-12(15(3,4)5)9-13(14)16-6/h7-9,11,16H,10H2,1-6H3. The molecule has 0 aliphatic carbocycles. The van der Waals surface area contributed by atoms with Gasteiger partial charge >= 0.3 is 0 Å². The number of benzene rings is 1. The predicted octanol–water partition coefficient (Wildman–Crippen LogP) is 4.06. The number of hydrogen-bond donors (Lipinski definition) is 1. The van der Waals surface area contributed by atoms with Gasteiger partial charge in [0, 0.05) is 7.05 Å². The Morgan fingerprint density at radius 1 is 1.24 bits per heavy atom. The molecule has 0 saturated heterocycles. The van der Waals surface area contributed by atoms with Gasteiger partial charge in [0.25, 0.3) is 0 Å². The van der Waals surface area contributed by atoms with Gasteiger partial charge in [-0.1, -0.05) is 40.7 Å². The zero-order chi connectivity index (χ0) is 13.1. The van der Waals surface area contributed by atoms with Gasteiger partial charge in [-0.05, 0) is 29.0 Å².